The predicted molar refractivity (Wildman–Crippen MR) is 87.1 cm³/mol. The van der Waals surface area contributed by atoms with E-state index in [1.54, 1.807) is 9.80 Å². The molecule has 1 atom stereocenters. The molecule has 1 aromatic rings. The lowest BCUT2D eigenvalue weighted by molar-refractivity contribution is -0.154. The summed E-state index contributed by atoms with van der Waals surface area (Å²) >= 11 is 0. The first-order valence-corrected chi connectivity index (χ1v) is 8.13. The molecular weight excluding hydrogens is 276 g/mol. The number of nitrogens with zero attached hydrogens (tertiary/aromatic N) is 2. The van der Waals surface area contributed by atoms with Crippen LogP contribution in [0, 0.1) is 5.92 Å². The highest BCUT2D eigenvalue weighted by Gasteiger charge is 2.30. The number of piperidine rings is 1. The maximum atomic E-state index is 12.6. The first-order chi connectivity index (χ1) is 10.5. The topological polar surface area (TPSA) is 40.6 Å². The van der Waals surface area contributed by atoms with Crippen LogP contribution in [0.4, 0.5) is 0 Å². The molecule has 120 valence electrons. The molecule has 0 N–H and O–H groups in total. The van der Waals surface area contributed by atoms with Crippen molar-refractivity contribution < 1.29 is 9.59 Å². The van der Waals surface area contributed by atoms with Crippen LogP contribution in [0.2, 0.25) is 0 Å². The van der Waals surface area contributed by atoms with Crippen LogP contribution in [0.5, 0.6) is 0 Å². The van der Waals surface area contributed by atoms with Gasteiger partial charge in [0.1, 0.15) is 0 Å². The van der Waals surface area contributed by atoms with Gasteiger partial charge in [-0.15, -0.1) is 0 Å². The van der Waals surface area contributed by atoms with Crippen LogP contribution in [0.1, 0.15) is 39.2 Å². The molecule has 1 aliphatic heterocycles. The smallest absolute Gasteiger partial charge is 0.312 e. The van der Waals surface area contributed by atoms with E-state index >= 15 is 0 Å². The minimum absolute atomic E-state index is 0.00105. The fourth-order valence-corrected chi connectivity index (χ4v) is 2.90. The summed E-state index contributed by atoms with van der Waals surface area (Å²) in [7, 11) is 0. The standard InChI is InChI=1S/C18H26N2O2/c1-14(2)20(13-16-9-5-4-6-10-16)18(22)17(21)19-11-7-8-15(3)12-19/h4-6,9-10,14-15H,7-8,11-13H2,1-3H3. The molecule has 0 aliphatic carbocycles. The monoisotopic (exact) mass is 302 g/mol. The maximum absolute atomic E-state index is 12.6. The van der Waals surface area contributed by atoms with Crippen LogP contribution in [0.3, 0.4) is 0 Å². The van der Waals surface area contributed by atoms with Crippen molar-refractivity contribution in [1.29, 1.82) is 0 Å². The molecule has 0 aromatic heterocycles. The predicted octanol–water partition coefficient (Wildman–Crippen LogP) is 2.68. The first-order valence-electron chi connectivity index (χ1n) is 8.13. The van der Waals surface area contributed by atoms with E-state index in [0.29, 0.717) is 25.6 Å². The minimum Gasteiger partial charge on any atom is -0.334 e. The number of benzene rings is 1. The van der Waals surface area contributed by atoms with Gasteiger partial charge in [0.15, 0.2) is 0 Å². The molecule has 0 radical (unpaired) electrons. The molecule has 2 rings (SSSR count). The van der Waals surface area contributed by atoms with Gasteiger partial charge in [0.05, 0.1) is 0 Å². The molecule has 1 fully saturated rings. The Morgan fingerprint density at radius 2 is 1.95 bits per heavy atom. The van der Waals surface area contributed by atoms with Gasteiger partial charge in [-0.3, -0.25) is 9.59 Å². The number of hydrogen-bond acceptors (Lipinski definition) is 2. The number of carbonyl (C=O) groups excluding carboxylic acids is 2. The molecule has 1 aromatic carbocycles. The zero-order valence-corrected chi connectivity index (χ0v) is 13.8. The van der Waals surface area contributed by atoms with E-state index < -0.39 is 0 Å². The summed E-state index contributed by atoms with van der Waals surface area (Å²) in [6.45, 7) is 7.91. The molecule has 1 saturated heterocycles. The average molecular weight is 302 g/mol. The number of hydrogen-bond donors (Lipinski definition) is 0. The van der Waals surface area contributed by atoms with Gasteiger partial charge < -0.3 is 9.80 Å². The van der Waals surface area contributed by atoms with Crippen LogP contribution in [-0.2, 0) is 16.1 Å². The Bertz CT molecular complexity index is 513. The lowest BCUT2D eigenvalue weighted by Gasteiger charge is -2.33. The summed E-state index contributed by atoms with van der Waals surface area (Å²) in [5.74, 6) is -0.253. The zero-order chi connectivity index (χ0) is 16.1. The van der Waals surface area contributed by atoms with E-state index in [1.165, 1.54) is 0 Å². The Morgan fingerprint density at radius 3 is 2.55 bits per heavy atom. The van der Waals surface area contributed by atoms with Gasteiger partial charge in [0.2, 0.25) is 0 Å². The van der Waals surface area contributed by atoms with Gasteiger partial charge in [-0.1, -0.05) is 37.3 Å². The molecule has 1 heterocycles. The molecular formula is C18H26N2O2. The van der Waals surface area contributed by atoms with Gasteiger partial charge >= 0.3 is 11.8 Å². The molecule has 0 spiro atoms. The second-order valence-electron chi connectivity index (χ2n) is 6.51. The lowest BCUT2D eigenvalue weighted by Crippen LogP contribution is -2.50. The molecule has 4 nitrogen and oxygen atoms in total. The van der Waals surface area contributed by atoms with Gasteiger partial charge in [-0.25, -0.2) is 0 Å². The third-order valence-electron chi connectivity index (χ3n) is 4.21. The first kappa shape index (κ1) is 16.5. The molecule has 0 bridgehead atoms. The third kappa shape index (κ3) is 4.09. The fraction of sp³-hybridized carbons (Fsp3) is 0.556. The van der Waals surface area contributed by atoms with E-state index in [-0.39, 0.29) is 17.9 Å². The van der Waals surface area contributed by atoms with E-state index in [1.807, 2.05) is 44.2 Å². The van der Waals surface area contributed by atoms with Crippen LogP contribution in [0.15, 0.2) is 30.3 Å². The highest BCUT2D eigenvalue weighted by atomic mass is 16.2. The molecule has 22 heavy (non-hydrogen) atoms. The highest BCUT2D eigenvalue weighted by molar-refractivity contribution is 6.34. The van der Waals surface area contributed by atoms with Crippen molar-refractivity contribution in [2.24, 2.45) is 5.92 Å². The summed E-state index contributed by atoms with van der Waals surface area (Å²) in [6.07, 6.45) is 2.12. The Kier molecular flexibility index (Phi) is 5.58. The average Bonchev–Trinajstić information content (AvgIpc) is 2.52. The van der Waals surface area contributed by atoms with Crippen LogP contribution in [0.25, 0.3) is 0 Å². The quantitative estimate of drug-likeness (QED) is 0.806. The number of likely N-dealkylation sites (tertiary alicyclic amines) is 1. The lowest BCUT2D eigenvalue weighted by atomic mass is 10.0. The number of amides is 2. The highest BCUT2D eigenvalue weighted by Crippen LogP contribution is 2.17. The Hall–Kier alpha value is -1.84. The molecule has 2 amide bonds. The van der Waals surface area contributed by atoms with Crippen LogP contribution in [-0.4, -0.2) is 40.7 Å². The van der Waals surface area contributed by atoms with Crippen molar-refractivity contribution in [3.05, 3.63) is 35.9 Å². The second kappa shape index (κ2) is 7.43. The van der Waals surface area contributed by atoms with Gasteiger partial charge in [0, 0.05) is 25.7 Å². The van der Waals surface area contributed by atoms with E-state index in [2.05, 4.69) is 6.92 Å². The van der Waals surface area contributed by atoms with Crippen molar-refractivity contribution in [1.82, 2.24) is 9.80 Å². The SMILES string of the molecule is CC1CCCN(C(=O)C(=O)N(Cc2ccccc2)C(C)C)C1. The number of carbonyl (C=O) groups is 2. The van der Waals surface area contributed by atoms with Gasteiger partial charge in [-0.05, 0) is 38.2 Å². The Morgan fingerprint density at radius 1 is 1.27 bits per heavy atom. The largest absolute Gasteiger partial charge is 0.334 e. The molecule has 0 saturated carbocycles. The van der Waals surface area contributed by atoms with Crippen molar-refractivity contribution in [3.63, 3.8) is 0 Å². The van der Waals surface area contributed by atoms with Gasteiger partial charge in [0.25, 0.3) is 0 Å². The van der Waals surface area contributed by atoms with Gasteiger partial charge in [-0.2, -0.15) is 0 Å². The Labute approximate surface area is 133 Å². The molecule has 4 heteroatoms. The molecule has 1 aliphatic rings. The third-order valence-corrected chi connectivity index (χ3v) is 4.21. The summed E-state index contributed by atoms with van der Waals surface area (Å²) in [4.78, 5) is 28.5. The summed E-state index contributed by atoms with van der Waals surface area (Å²) in [5.41, 5.74) is 1.05. The summed E-state index contributed by atoms with van der Waals surface area (Å²) in [6, 6.07) is 9.81. The normalized spacial score (nSPS) is 18.4. The van der Waals surface area contributed by atoms with Crippen molar-refractivity contribution >= 4 is 11.8 Å². The summed E-state index contributed by atoms with van der Waals surface area (Å²) in [5, 5.41) is 0. The van der Waals surface area contributed by atoms with Crippen molar-refractivity contribution in [3.8, 4) is 0 Å². The van der Waals surface area contributed by atoms with Crippen molar-refractivity contribution in [2.75, 3.05) is 13.1 Å². The summed E-state index contributed by atoms with van der Waals surface area (Å²) < 4.78 is 0. The minimum atomic E-state index is -0.382. The number of rotatable bonds is 3. The van der Waals surface area contributed by atoms with Crippen LogP contribution >= 0.6 is 0 Å². The van der Waals surface area contributed by atoms with E-state index in [9.17, 15) is 9.59 Å². The van der Waals surface area contributed by atoms with E-state index in [4.69, 9.17) is 0 Å². The molecule has 1 unspecified atom stereocenters. The second-order valence-corrected chi connectivity index (χ2v) is 6.51. The van der Waals surface area contributed by atoms with Crippen molar-refractivity contribution in [2.45, 2.75) is 46.2 Å². The Balaban J connectivity index is 2.07. The van der Waals surface area contributed by atoms with E-state index in [0.717, 1.165) is 18.4 Å². The zero-order valence-electron chi connectivity index (χ0n) is 13.8. The maximum Gasteiger partial charge on any atom is 0.312 e. The van der Waals surface area contributed by atoms with Crippen LogP contribution < -0.4 is 0 Å². The fourth-order valence-electron chi connectivity index (χ4n) is 2.90.